The van der Waals surface area contributed by atoms with Crippen LogP contribution in [0.25, 0.3) is 0 Å². The topological polar surface area (TPSA) is 93.5 Å². The maximum absolute atomic E-state index is 11.8. The van der Waals surface area contributed by atoms with Gasteiger partial charge in [0, 0.05) is 12.6 Å². The molecule has 1 aromatic heterocycles. The number of carboxylic acids is 1. The Balaban J connectivity index is 1.96. The lowest BCUT2D eigenvalue weighted by molar-refractivity contribution is -0.139. The molecule has 0 bridgehead atoms. The third-order valence-corrected chi connectivity index (χ3v) is 4.03. The standard InChI is InChI=1S/C17H27N3O4/c1-17(2,3)24-16(23)19-14(15(21)22)9-12-10-18-20(11-12)13-7-5-4-6-8-13/h10-11,13-14H,4-9H2,1-3H3,(H,19,23)(H,21,22). The molecule has 0 spiro atoms. The number of carboxylic acid groups (broad SMARTS) is 1. The predicted molar refractivity (Wildman–Crippen MR) is 88.8 cm³/mol. The Labute approximate surface area is 142 Å². The summed E-state index contributed by atoms with van der Waals surface area (Å²) < 4.78 is 7.05. The van der Waals surface area contributed by atoms with Crippen LogP contribution in [0.1, 0.15) is 64.5 Å². The van der Waals surface area contributed by atoms with Gasteiger partial charge in [0.1, 0.15) is 11.6 Å². The SMILES string of the molecule is CC(C)(C)OC(=O)NC(Cc1cnn(C2CCCCC2)c1)C(=O)O. The first-order valence-corrected chi connectivity index (χ1v) is 8.50. The summed E-state index contributed by atoms with van der Waals surface area (Å²) >= 11 is 0. The van der Waals surface area contributed by atoms with Crippen molar-refractivity contribution in [3.05, 3.63) is 18.0 Å². The smallest absolute Gasteiger partial charge is 0.408 e. The molecule has 1 unspecified atom stereocenters. The Bertz CT molecular complexity index is 571. The molecule has 7 nitrogen and oxygen atoms in total. The summed E-state index contributed by atoms with van der Waals surface area (Å²) in [7, 11) is 0. The summed E-state index contributed by atoms with van der Waals surface area (Å²) in [5.41, 5.74) is 0.128. The van der Waals surface area contributed by atoms with Gasteiger partial charge in [0.25, 0.3) is 0 Å². The molecule has 1 heterocycles. The number of carbonyl (C=O) groups is 2. The number of aromatic nitrogens is 2. The maximum atomic E-state index is 11.8. The molecular formula is C17H27N3O4. The molecule has 1 fully saturated rings. The number of nitrogens with one attached hydrogen (secondary N) is 1. The summed E-state index contributed by atoms with van der Waals surface area (Å²) in [5, 5.41) is 16.1. The van der Waals surface area contributed by atoms with Crippen LogP contribution in [0, 0.1) is 0 Å². The molecule has 7 heteroatoms. The van der Waals surface area contributed by atoms with Gasteiger partial charge in [-0.3, -0.25) is 4.68 Å². The van der Waals surface area contributed by atoms with Crippen molar-refractivity contribution in [1.29, 1.82) is 0 Å². The zero-order valence-corrected chi connectivity index (χ0v) is 14.6. The minimum Gasteiger partial charge on any atom is -0.480 e. The molecule has 134 valence electrons. The van der Waals surface area contributed by atoms with E-state index < -0.39 is 23.7 Å². The van der Waals surface area contributed by atoms with Crippen molar-refractivity contribution < 1.29 is 19.4 Å². The van der Waals surface area contributed by atoms with E-state index in [0.717, 1.165) is 18.4 Å². The first kappa shape index (κ1) is 18.3. The number of rotatable bonds is 5. The van der Waals surface area contributed by atoms with E-state index in [1.165, 1.54) is 19.3 Å². The monoisotopic (exact) mass is 337 g/mol. The van der Waals surface area contributed by atoms with Crippen LogP contribution in [0.4, 0.5) is 4.79 Å². The highest BCUT2D eigenvalue weighted by Gasteiger charge is 2.25. The molecular weight excluding hydrogens is 310 g/mol. The van der Waals surface area contributed by atoms with Gasteiger partial charge in [0.15, 0.2) is 0 Å². The van der Waals surface area contributed by atoms with E-state index in [1.807, 2.05) is 10.9 Å². The lowest BCUT2D eigenvalue weighted by atomic mass is 9.96. The fourth-order valence-corrected chi connectivity index (χ4v) is 2.91. The zero-order chi connectivity index (χ0) is 17.7. The van der Waals surface area contributed by atoms with Crippen LogP contribution in [0.3, 0.4) is 0 Å². The van der Waals surface area contributed by atoms with E-state index in [-0.39, 0.29) is 6.42 Å². The van der Waals surface area contributed by atoms with Crippen LogP contribution in [-0.2, 0) is 16.0 Å². The average Bonchev–Trinajstić information content (AvgIpc) is 2.94. The van der Waals surface area contributed by atoms with Gasteiger partial charge < -0.3 is 15.2 Å². The Kier molecular flexibility index (Phi) is 5.85. The van der Waals surface area contributed by atoms with Gasteiger partial charge in [-0.15, -0.1) is 0 Å². The third kappa shape index (κ3) is 5.54. The van der Waals surface area contributed by atoms with Crippen molar-refractivity contribution in [1.82, 2.24) is 15.1 Å². The molecule has 1 amide bonds. The first-order chi connectivity index (χ1) is 11.2. The molecule has 1 aliphatic carbocycles. The quantitative estimate of drug-likeness (QED) is 0.861. The number of nitrogens with zero attached hydrogens (tertiary/aromatic N) is 2. The number of hydrogen-bond donors (Lipinski definition) is 2. The predicted octanol–water partition coefficient (Wildman–Crippen LogP) is 2.91. The van der Waals surface area contributed by atoms with E-state index in [0.29, 0.717) is 6.04 Å². The molecule has 2 rings (SSSR count). The van der Waals surface area contributed by atoms with Crippen molar-refractivity contribution >= 4 is 12.1 Å². The van der Waals surface area contributed by atoms with Gasteiger partial charge in [0.05, 0.1) is 12.2 Å². The van der Waals surface area contributed by atoms with Gasteiger partial charge in [-0.05, 0) is 39.2 Å². The molecule has 2 N–H and O–H groups in total. The van der Waals surface area contributed by atoms with Crippen LogP contribution in [0.5, 0.6) is 0 Å². The molecule has 0 radical (unpaired) electrons. The Morgan fingerprint density at radius 3 is 2.62 bits per heavy atom. The van der Waals surface area contributed by atoms with Gasteiger partial charge in [-0.25, -0.2) is 9.59 Å². The Morgan fingerprint density at radius 2 is 2.04 bits per heavy atom. The number of aliphatic carboxylic acids is 1. The van der Waals surface area contributed by atoms with Gasteiger partial charge in [-0.2, -0.15) is 5.10 Å². The summed E-state index contributed by atoms with van der Waals surface area (Å²) in [6, 6.07) is -0.640. The molecule has 1 saturated carbocycles. The van der Waals surface area contributed by atoms with E-state index in [9.17, 15) is 14.7 Å². The van der Waals surface area contributed by atoms with Crippen molar-refractivity contribution in [2.75, 3.05) is 0 Å². The van der Waals surface area contributed by atoms with Crippen LogP contribution in [0.15, 0.2) is 12.4 Å². The Hall–Kier alpha value is -2.05. The van der Waals surface area contributed by atoms with Crippen LogP contribution >= 0.6 is 0 Å². The molecule has 24 heavy (non-hydrogen) atoms. The normalized spacial score (nSPS) is 17.3. The average molecular weight is 337 g/mol. The zero-order valence-electron chi connectivity index (χ0n) is 14.6. The molecule has 1 aliphatic rings. The number of carbonyl (C=O) groups excluding carboxylic acids is 1. The van der Waals surface area contributed by atoms with Gasteiger partial charge >= 0.3 is 12.1 Å². The highest BCUT2D eigenvalue weighted by Crippen LogP contribution is 2.27. The van der Waals surface area contributed by atoms with Crippen molar-refractivity contribution in [3.8, 4) is 0 Å². The minimum atomic E-state index is -1.09. The van der Waals surface area contributed by atoms with Crippen molar-refractivity contribution in [3.63, 3.8) is 0 Å². The Morgan fingerprint density at radius 1 is 1.38 bits per heavy atom. The highest BCUT2D eigenvalue weighted by atomic mass is 16.6. The van der Waals surface area contributed by atoms with E-state index >= 15 is 0 Å². The summed E-state index contributed by atoms with van der Waals surface area (Å²) in [4.78, 5) is 23.2. The summed E-state index contributed by atoms with van der Waals surface area (Å²) in [5.74, 6) is -1.09. The number of hydrogen-bond acceptors (Lipinski definition) is 4. The summed E-state index contributed by atoms with van der Waals surface area (Å²) in [6.07, 6.45) is 8.93. The van der Waals surface area contributed by atoms with Crippen LogP contribution in [0.2, 0.25) is 0 Å². The van der Waals surface area contributed by atoms with E-state index in [2.05, 4.69) is 10.4 Å². The van der Waals surface area contributed by atoms with Crippen LogP contribution < -0.4 is 5.32 Å². The molecule has 1 aromatic rings. The van der Waals surface area contributed by atoms with Gasteiger partial charge in [-0.1, -0.05) is 19.3 Å². The third-order valence-electron chi connectivity index (χ3n) is 4.03. The second kappa shape index (κ2) is 7.68. The maximum Gasteiger partial charge on any atom is 0.408 e. The lowest BCUT2D eigenvalue weighted by Gasteiger charge is -2.22. The molecule has 0 saturated heterocycles. The fourth-order valence-electron chi connectivity index (χ4n) is 2.91. The first-order valence-electron chi connectivity index (χ1n) is 8.50. The largest absolute Gasteiger partial charge is 0.480 e. The van der Waals surface area contributed by atoms with E-state index in [4.69, 9.17) is 4.74 Å². The van der Waals surface area contributed by atoms with Gasteiger partial charge in [0.2, 0.25) is 0 Å². The number of alkyl carbamates (subject to hydrolysis) is 1. The molecule has 0 aliphatic heterocycles. The number of ether oxygens (including phenoxy) is 1. The lowest BCUT2D eigenvalue weighted by Crippen LogP contribution is -2.44. The van der Waals surface area contributed by atoms with Crippen molar-refractivity contribution in [2.45, 2.75) is 77.0 Å². The van der Waals surface area contributed by atoms with Crippen molar-refractivity contribution in [2.24, 2.45) is 0 Å². The van der Waals surface area contributed by atoms with E-state index in [1.54, 1.807) is 27.0 Å². The molecule has 0 aromatic carbocycles. The van der Waals surface area contributed by atoms with Crippen LogP contribution in [-0.4, -0.2) is 38.6 Å². The highest BCUT2D eigenvalue weighted by molar-refractivity contribution is 5.80. The second-order valence-corrected chi connectivity index (χ2v) is 7.36. The fraction of sp³-hybridized carbons (Fsp3) is 0.706. The minimum absolute atomic E-state index is 0.182. The number of amides is 1. The molecule has 1 atom stereocenters. The second-order valence-electron chi connectivity index (χ2n) is 7.36. The summed E-state index contributed by atoms with van der Waals surface area (Å²) in [6.45, 7) is 5.20.